The van der Waals surface area contributed by atoms with E-state index in [2.05, 4.69) is 22.7 Å². The van der Waals surface area contributed by atoms with Crippen LogP contribution in [0.25, 0.3) is 11.5 Å². The van der Waals surface area contributed by atoms with E-state index < -0.39 is 0 Å². The first-order valence-electron chi connectivity index (χ1n) is 5.54. The third kappa shape index (κ3) is 1.65. The second-order valence-corrected chi connectivity index (χ2v) is 4.81. The van der Waals surface area contributed by atoms with Crippen LogP contribution in [0, 0.1) is 5.92 Å². The zero-order valence-electron chi connectivity index (χ0n) is 9.11. The highest BCUT2D eigenvalue weighted by Crippen LogP contribution is 2.27. The van der Waals surface area contributed by atoms with E-state index in [1.165, 1.54) is 6.42 Å². The van der Waals surface area contributed by atoms with Crippen molar-refractivity contribution in [1.29, 1.82) is 0 Å². The number of nitrogens with zero attached hydrogens (tertiary/aromatic N) is 2. The topological polar surface area (TPSA) is 31.0 Å². The summed E-state index contributed by atoms with van der Waals surface area (Å²) >= 11 is 5.76. The quantitative estimate of drug-likeness (QED) is 0.760. The van der Waals surface area contributed by atoms with Crippen LogP contribution in [0.1, 0.15) is 19.2 Å². The fourth-order valence-electron chi connectivity index (χ4n) is 2.15. The van der Waals surface area contributed by atoms with Crippen LogP contribution < -0.4 is 0 Å². The lowest BCUT2D eigenvalue weighted by molar-refractivity contribution is 0.409. The minimum atomic E-state index is 0.411. The van der Waals surface area contributed by atoms with Gasteiger partial charge in [0, 0.05) is 19.2 Å². The van der Waals surface area contributed by atoms with Crippen molar-refractivity contribution in [3.63, 3.8) is 0 Å². The molecule has 0 fully saturated rings. The number of halogens is 1. The Hall–Kier alpha value is -1.22. The molecule has 0 radical (unpaired) electrons. The molecule has 84 valence electrons. The second-order valence-electron chi connectivity index (χ2n) is 4.44. The molecular weight excluding hydrogens is 224 g/mol. The van der Waals surface area contributed by atoms with Gasteiger partial charge in [-0.3, -0.25) is 0 Å². The van der Waals surface area contributed by atoms with Gasteiger partial charge in [0.1, 0.15) is 11.5 Å². The zero-order chi connectivity index (χ0) is 11.1. The van der Waals surface area contributed by atoms with Gasteiger partial charge in [0.05, 0.1) is 0 Å². The monoisotopic (exact) mass is 236 g/mol. The summed E-state index contributed by atoms with van der Waals surface area (Å²) in [5.74, 6) is 2.63. The van der Waals surface area contributed by atoms with Gasteiger partial charge in [-0.05, 0) is 36.1 Å². The number of hydrogen-bond donors (Lipinski definition) is 0. The van der Waals surface area contributed by atoms with Gasteiger partial charge in [-0.25, -0.2) is 4.98 Å². The van der Waals surface area contributed by atoms with Crippen molar-refractivity contribution in [3.8, 4) is 11.5 Å². The van der Waals surface area contributed by atoms with Crippen molar-refractivity contribution in [2.75, 3.05) is 0 Å². The van der Waals surface area contributed by atoms with E-state index in [0.29, 0.717) is 5.22 Å². The molecule has 4 heteroatoms. The first-order chi connectivity index (χ1) is 7.72. The van der Waals surface area contributed by atoms with Crippen LogP contribution in [-0.2, 0) is 13.0 Å². The summed E-state index contributed by atoms with van der Waals surface area (Å²) in [5.41, 5.74) is 0.885. The second kappa shape index (κ2) is 3.67. The lowest BCUT2D eigenvalue weighted by Crippen LogP contribution is -2.16. The van der Waals surface area contributed by atoms with Crippen molar-refractivity contribution < 1.29 is 4.42 Å². The number of fused-ring (bicyclic) bond motifs is 1. The van der Waals surface area contributed by atoms with Gasteiger partial charge < -0.3 is 8.98 Å². The zero-order valence-corrected chi connectivity index (χ0v) is 9.87. The van der Waals surface area contributed by atoms with Crippen molar-refractivity contribution in [2.45, 2.75) is 26.3 Å². The third-order valence-corrected chi connectivity index (χ3v) is 3.28. The lowest BCUT2D eigenvalue weighted by Gasteiger charge is -2.18. The van der Waals surface area contributed by atoms with Crippen LogP contribution in [0.3, 0.4) is 0 Å². The normalized spacial score (nSPS) is 19.8. The Morgan fingerprint density at radius 1 is 1.50 bits per heavy atom. The summed E-state index contributed by atoms with van der Waals surface area (Å²) in [6, 6.07) is 3.61. The maximum absolute atomic E-state index is 5.76. The van der Waals surface area contributed by atoms with Crippen molar-refractivity contribution in [3.05, 3.63) is 29.4 Å². The molecule has 1 aliphatic heterocycles. The molecule has 0 saturated carbocycles. The van der Waals surface area contributed by atoms with Gasteiger partial charge in [0.15, 0.2) is 11.0 Å². The molecule has 1 atom stereocenters. The average molecular weight is 237 g/mol. The Labute approximate surface area is 99.0 Å². The van der Waals surface area contributed by atoms with Gasteiger partial charge in [0.25, 0.3) is 0 Å². The number of rotatable bonds is 1. The highest BCUT2D eigenvalue weighted by molar-refractivity contribution is 6.28. The SMILES string of the molecule is CC1CCn2cc(-c3ccc(Cl)o3)nc2C1. The van der Waals surface area contributed by atoms with Gasteiger partial charge in [-0.1, -0.05) is 6.92 Å². The molecule has 0 aliphatic carbocycles. The van der Waals surface area contributed by atoms with Gasteiger partial charge in [-0.15, -0.1) is 0 Å². The molecule has 0 amide bonds. The summed E-state index contributed by atoms with van der Waals surface area (Å²) in [6.07, 6.45) is 4.33. The number of aryl methyl sites for hydroxylation is 1. The smallest absolute Gasteiger partial charge is 0.194 e. The Bertz CT molecular complexity index is 515. The van der Waals surface area contributed by atoms with Gasteiger partial charge >= 0.3 is 0 Å². The molecule has 0 aromatic carbocycles. The molecule has 0 saturated heterocycles. The van der Waals surface area contributed by atoms with Crippen LogP contribution in [-0.4, -0.2) is 9.55 Å². The van der Waals surface area contributed by atoms with Crippen molar-refractivity contribution in [1.82, 2.24) is 9.55 Å². The molecule has 2 aromatic heterocycles. The predicted octanol–water partition coefficient (Wildman–Crippen LogP) is 3.38. The summed E-state index contributed by atoms with van der Waals surface area (Å²) in [5, 5.41) is 0.411. The largest absolute Gasteiger partial charge is 0.443 e. The molecule has 1 aliphatic rings. The summed E-state index contributed by atoms with van der Waals surface area (Å²) in [6.45, 7) is 3.32. The van der Waals surface area contributed by atoms with Gasteiger partial charge in [-0.2, -0.15) is 0 Å². The van der Waals surface area contributed by atoms with Crippen LogP contribution in [0.15, 0.2) is 22.7 Å². The van der Waals surface area contributed by atoms with E-state index in [4.69, 9.17) is 16.0 Å². The van der Waals surface area contributed by atoms with Crippen LogP contribution >= 0.6 is 11.6 Å². The minimum absolute atomic E-state index is 0.411. The van der Waals surface area contributed by atoms with E-state index in [1.807, 2.05) is 6.07 Å². The van der Waals surface area contributed by atoms with E-state index >= 15 is 0 Å². The van der Waals surface area contributed by atoms with Crippen LogP contribution in [0.4, 0.5) is 0 Å². The maximum atomic E-state index is 5.76. The van der Waals surface area contributed by atoms with E-state index in [9.17, 15) is 0 Å². The Balaban J connectivity index is 1.98. The highest BCUT2D eigenvalue weighted by Gasteiger charge is 2.18. The Morgan fingerprint density at radius 3 is 3.12 bits per heavy atom. The first-order valence-corrected chi connectivity index (χ1v) is 5.92. The molecule has 3 heterocycles. The molecule has 3 nitrogen and oxygen atoms in total. The van der Waals surface area contributed by atoms with Crippen LogP contribution in [0.2, 0.25) is 5.22 Å². The number of hydrogen-bond acceptors (Lipinski definition) is 2. The number of aromatic nitrogens is 2. The highest BCUT2D eigenvalue weighted by atomic mass is 35.5. The minimum Gasteiger partial charge on any atom is -0.443 e. The summed E-state index contributed by atoms with van der Waals surface area (Å²) < 4.78 is 7.58. The van der Waals surface area contributed by atoms with E-state index in [-0.39, 0.29) is 0 Å². The molecule has 2 aromatic rings. The Kier molecular flexibility index (Phi) is 2.28. The molecule has 0 spiro atoms. The third-order valence-electron chi connectivity index (χ3n) is 3.08. The molecule has 3 rings (SSSR count). The Morgan fingerprint density at radius 2 is 2.38 bits per heavy atom. The van der Waals surface area contributed by atoms with E-state index in [0.717, 1.165) is 36.2 Å². The van der Waals surface area contributed by atoms with Crippen molar-refractivity contribution >= 4 is 11.6 Å². The van der Waals surface area contributed by atoms with Gasteiger partial charge in [0.2, 0.25) is 0 Å². The predicted molar refractivity (Wildman–Crippen MR) is 62.4 cm³/mol. The average Bonchev–Trinajstić information content (AvgIpc) is 2.83. The maximum Gasteiger partial charge on any atom is 0.194 e. The molecular formula is C12H13ClN2O. The fourth-order valence-corrected chi connectivity index (χ4v) is 2.30. The summed E-state index contributed by atoms with van der Waals surface area (Å²) in [7, 11) is 0. The molecule has 0 N–H and O–H groups in total. The molecule has 16 heavy (non-hydrogen) atoms. The van der Waals surface area contributed by atoms with Crippen LogP contribution in [0.5, 0.6) is 0 Å². The number of imidazole rings is 1. The van der Waals surface area contributed by atoms with Crippen molar-refractivity contribution in [2.24, 2.45) is 5.92 Å². The summed E-state index contributed by atoms with van der Waals surface area (Å²) in [4.78, 5) is 4.60. The molecule has 0 bridgehead atoms. The first kappa shape index (κ1) is 9.97. The number of furan rings is 1. The lowest BCUT2D eigenvalue weighted by atomic mass is 10.0. The fraction of sp³-hybridized carbons (Fsp3) is 0.417. The molecule has 1 unspecified atom stereocenters. The van der Waals surface area contributed by atoms with E-state index in [1.54, 1.807) is 6.07 Å². The standard InChI is InChI=1S/C12H13ClN2O/c1-8-4-5-15-7-9(14-12(15)6-8)10-2-3-11(13)16-10/h2-3,7-8H,4-6H2,1H3.